The van der Waals surface area contributed by atoms with Crippen LogP contribution in [0.3, 0.4) is 0 Å². The number of nitriles is 1. The van der Waals surface area contributed by atoms with Crippen molar-refractivity contribution in [1.29, 1.82) is 5.26 Å². The zero-order chi connectivity index (χ0) is 18.8. The molecule has 0 saturated carbocycles. The van der Waals surface area contributed by atoms with Crippen LogP contribution in [0, 0.1) is 11.3 Å². The Morgan fingerprint density at radius 3 is 3.07 bits per heavy atom. The average Bonchev–Trinajstić information content (AvgIpc) is 3.13. The lowest BCUT2D eigenvalue weighted by atomic mass is 10.0. The number of carbonyl (C=O) groups excluding carboxylic acids is 1. The standard InChI is InChI=1S/C19H18N4O3S/c1-23-5-4-15-13(9-23)6-12(8-20)19(22-15)27-10-18(24)21-14-2-3-16-17(7-14)26-11-25-16/h2-3,6-7H,4-5,9-11H2,1H3,(H,21,24). The lowest BCUT2D eigenvalue weighted by molar-refractivity contribution is -0.113. The third kappa shape index (κ3) is 3.84. The molecule has 0 unspecified atom stereocenters. The van der Waals surface area contributed by atoms with Gasteiger partial charge in [0.15, 0.2) is 11.5 Å². The second kappa shape index (κ2) is 7.47. The molecule has 0 aliphatic carbocycles. The number of thioether (sulfide) groups is 1. The number of hydrogen-bond donors (Lipinski definition) is 1. The monoisotopic (exact) mass is 382 g/mol. The number of fused-ring (bicyclic) bond motifs is 2. The maximum atomic E-state index is 12.3. The van der Waals surface area contributed by atoms with Crippen LogP contribution in [0.4, 0.5) is 5.69 Å². The summed E-state index contributed by atoms with van der Waals surface area (Å²) in [5.74, 6) is 1.30. The highest BCUT2D eigenvalue weighted by atomic mass is 32.2. The lowest BCUT2D eigenvalue weighted by Crippen LogP contribution is -2.27. The number of amides is 1. The molecule has 2 aromatic rings. The van der Waals surface area contributed by atoms with E-state index in [1.807, 2.05) is 6.07 Å². The number of carbonyl (C=O) groups is 1. The van der Waals surface area contributed by atoms with Crippen LogP contribution < -0.4 is 14.8 Å². The Morgan fingerprint density at radius 1 is 1.37 bits per heavy atom. The van der Waals surface area contributed by atoms with E-state index in [1.165, 1.54) is 11.8 Å². The van der Waals surface area contributed by atoms with Gasteiger partial charge in [0.25, 0.3) is 0 Å². The predicted octanol–water partition coefficient (Wildman–Crippen LogP) is 2.40. The number of nitrogens with one attached hydrogen (secondary N) is 1. The molecule has 0 radical (unpaired) electrons. The zero-order valence-electron chi connectivity index (χ0n) is 14.8. The van der Waals surface area contributed by atoms with Gasteiger partial charge in [-0.25, -0.2) is 4.98 Å². The van der Waals surface area contributed by atoms with Gasteiger partial charge in [0.1, 0.15) is 11.1 Å². The Labute approximate surface area is 161 Å². The normalized spacial score (nSPS) is 15.1. The summed E-state index contributed by atoms with van der Waals surface area (Å²) in [6, 6.07) is 9.37. The molecule has 138 valence electrons. The largest absolute Gasteiger partial charge is 0.454 e. The smallest absolute Gasteiger partial charge is 0.234 e. The number of benzene rings is 1. The van der Waals surface area contributed by atoms with Gasteiger partial charge in [0.2, 0.25) is 12.7 Å². The number of likely N-dealkylation sites (N-methyl/N-ethyl adjacent to an activating group) is 1. The number of rotatable bonds is 4. The van der Waals surface area contributed by atoms with Crippen molar-refractivity contribution in [2.45, 2.75) is 18.0 Å². The molecule has 2 aliphatic heterocycles. The molecular formula is C19H18N4O3S. The van der Waals surface area contributed by atoms with Gasteiger partial charge < -0.3 is 19.7 Å². The highest BCUT2D eigenvalue weighted by Crippen LogP contribution is 2.34. The summed E-state index contributed by atoms with van der Waals surface area (Å²) < 4.78 is 10.6. The van der Waals surface area contributed by atoms with Crippen LogP contribution in [-0.4, -0.2) is 41.9 Å². The highest BCUT2D eigenvalue weighted by Gasteiger charge is 2.19. The van der Waals surface area contributed by atoms with Gasteiger partial charge in [-0.15, -0.1) is 0 Å². The molecule has 0 atom stereocenters. The summed E-state index contributed by atoms with van der Waals surface area (Å²) in [7, 11) is 2.05. The number of anilines is 1. The Hall–Kier alpha value is -2.76. The average molecular weight is 382 g/mol. The summed E-state index contributed by atoms with van der Waals surface area (Å²) in [6.07, 6.45) is 0.856. The van der Waals surface area contributed by atoms with E-state index in [-0.39, 0.29) is 18.5 Å². The van der Waals surface area contributed by atoms with Gasteiger partial charge in [-0.3, -0.25) is 4.79 Å². The maximum absolute atomic E-state index is 12.3. The first-order valence-electron chi connectivity index (χ1n) is 8.56. The number of hydrogen-bond acceptors (Lipinski definition) is 7. The summed E-state index contributed by atoms with van der Waals surface area (Å²) in [4.78, 5) is 19.1. The van der Waals surface area contributed by atoms with Crippen LogP contribution in [0.5, 0.6) is 11.5 Å². The first kappa shape index (κ1) is 17.6. The van der Waals surface area contributed by atoms with Crippen LogP contribution in [-0.2, 0) is 17.8 Å². The Kier molecular flexibility index (Phi) is 4.88. The van der Waals surface area contributed by atoms with E-state index < -0.39 is 0 Å². The van der Waals surface area contributed by atoms with Crippen LogP contribution in [0.25, 0.3) is 0 Å². The molecule has 8 heteroatoms. The van der Waals surface area contributed by atoms with Gasteiger partial charge in [0, 0.05) is 37.0 Å². The molecule has 1 aromatic heterocycles. The van der Waals surface area contributed by atoms with Gasteiger partial charge in [-0.05, 0) is 30.8 Å². The molecule has 27 heavy (non-hydrogen) atoms. The van der Waals surface area contributed by atoms with E-state index >= 15 is 0 Å². The van der Waals surface area contributed by atoms with E-state index in [0.717, 1.165) is 30.8 Å². The van der Waals surface area contributed by atoms with Crippen molar-refractivity contribution in [2.75, 3.05) is 31.5 Å². The molecule has 4 rings (SSSR count). The Bertz CT molecular complexity index is 941. The molecule has 0 bridgehead atoms. The number of aromatic nitrogens is 1. The molecule has 2 aliphatic rings. The summed E-state index contributed by atoms with van der Waals surface area (Å²) >= 11 is 1.28. The highest BCUT2D eigenvalue weighted by molar-refractivity contribution is 8.00. The van der Waals surface area contributed by atoms with E-state index in [4.69, 9.17) is 9.47 Å². The van der Waals surface area contributed by atoms with Crippen molar-refractivity contribution >= 4 is 23.4 Å². The molecule has 1 amide bonds. The number of nitrogens with zero attached hydrogens (tertiary/aromatic N) is 3. The fraction of sp³-hybridized carbons (Fsp3) is 0.316. The quantitative estimate of drug-likeness (QED) is 0.813. The summed E-state index contributed by atoms with van der Waals surface area (Å²) in [6.45, 7) is 1.94. The second-order valence-electron chi connectivity index (χ2n) is 6.45. The van der Waals surface area contributed by atoms with Gasteiger partial charge in [-0.2, -0.15) is 5.26 Å². The molecule has 7 nitrogen and oxygen atoms in total. The van der Waals surface area contributed by atoms with Gasteiger partial charge in [0.05, 0.1) is 11.3 Å². The summed E-state index contributed by atoms with van der Waals surface area (Å²) in [5, 5.41) is 12.9. The SMILES string of the molecule is CN1CCc2nc(SCC(=O)Nc3ccc4c(c3)OCO4)c(C#N)cc2C1. The van der Waals surface area contributed by atoms with Crippen LogP contribution in [0.2, 0.25) is 0 Å². The molecule has 0 fully saturated rings. The van der Waals surface area contributed by atoms with Crippen LogP contribution in [0.15, 0.2) is 29.3 Å². The third-order valence-electron chi connectivity index (χ3n) is 4.44. The first-order chi connectivity index (χ1) is 13.1. The molecule has 0 saturated heterocycles. The maximum Gasteiger partial charge on any atom is 0.234 e. The topological polar surface area (TPSA) is 87.5 Å². The summed E-state index contributed by atoms with van der Waals surface area (Å²) in [5.41, 5.74) is 3.27. The minimum Gasteiger partial charge on any atom is -0.454 e. The third-order valence-corrected chi connectivity index (χ3v) is 5.43. The molecule has 3 heterocycles. The predicted molar refractivity (Wildman–Crippen MR) is 101 cm³/mol. The fourth-order valence-corrected chi connectivity index (χ4v) is 3.86. The van der Waals surface area contributed by atoms with Crippen molar-refractivity contribution in [3.05, 3.63) is 41.1 Å². The fourth-order valence-electron chi connectivity index (χ4n) is 3.09. The lowest BCUT2D eigenvalue weighted by Gasteiger charge is -2.24. The molecule has 1 N–H and O–H groups in total. The second-order valence-corrected chi connectivity index (χ2v) is 7.42. The van der Waals surface area contributed by atoms with Crippen LogP contribution >= 0.6 is 11.8 Å². The van der Waals surface area contributed by atoms with E-state index in [0.29, 0.717) is 27.8 Å². The first-order valence-corrected chi connectivity index (χ1v) is 9.54. The van der Waals surface area contributed by atoms with Crippen LogP contribution in [0.1, 0.15) is 16.8 Å². The molecule has 0 spiro atoms. The van der Waals surface area contributed by atoms with Crippen molar-refractivity contribution in [1.82, 2.24) is 9.88 Å². The van der Waals surface area contributed by atoms with Crippen molar-refractivity contribution in [3.63, 3.8) is 0 Å². The Morgan fingerprint density at radius 2 is 2.22 bits per heavy atom. The van der Waals surface area contributed by atoms with Crippen molar-refractivity contribution < 1.29 is 14.3 Å². The number of pyridine rings is 1. The van der Waals surface area contributed by atoms with Gasteiger partial charge in [-0.1, -0.05) is 11.8 Å². The van der Waals surface area contributed by atoms with Crippen molar-refractivity contribution in [3.8, 4) is 17.6 Å². The van der Waals surface area contributed by atoms with E-state index in [1.54, 1.807) is 18.2 Å². The van der Waals surface area contributed by atoms with Crippen molar-refractivity contribution in [2.24, 2.45) is 0 Å². The zero-order valence-corrected chi connectivity index (χ0v) is 15.6. The van der Waals surface area contributed by atoms with Gasteiger partial charge >= 0.3 is 0 Å². The molecular weight excluding hydrogens is 364 g/mol. The number of ether oxygens (including phenoxy) is 2. The van der Waals surface area contributed by atoms with E-state index in [9.17, 15) is 10.1 Å². The minimum absolute atomic E-state index is 0.165. The Balaban J connectivity index is 1.42. The minimum atomic E-state index is -0.165. The van der Waals surface area contributed by atoms with E-state index in [2.05, 4.69) is 28.3 Å². The molecule has 1 aromatic carbocycles.